The van der Waals surface area contributed by atoms with Gasteiger partial charge in [-0.3, -0.25) is 0 Å². The molecule has 9 nitrogen and oxygen atoms in total. The summed E-state index contributed by atoms with van der Waals surface area (Å²) in [6.45, 7) is 0. The molecule has 47 heavy (non-hydrogen) atoms. The third-order valence-corrected chi connectivity index (χ3v) is 7.43. The van der Waals surface area contributed by atoms with Crippen LogP contribution >= 0.6 is 0 Å². The summed E-state index contributed by atoms with van der Waals surface area (Å²) in [6.07, 6.45) is 0. The van der Waals surface area contributed by atoms with E-state index in [1.165, 1.54) is 0 Å². The van der Waals surface area contributed by atoms with Crippen LogP contribution in [0.1, 0.15) is 20.7 Å². The van der Waals surface area contributed by atoms with Crippen LogP contribution in [0.4, 0.5) is 22.7 Å². The van der Waals surface area contributed by atoms with Crippen molar-refractivity contribution in [2.45, 2.75) is 0 Å². The minimum atomic E-state index is -0.499. The molecule has 0 spiro atoms. The van der Waals surface area contributed by atoms with E-state index in [1.807, 2.05) is 12.1 Å². The van der Waals surface area contributed by atoms with Gasteiger partial charge in [-0.05, 0) is 83.9 Å². The van der Waals surface area contributed by atoms with Crippen molar-refractivity contribution in [1.82, 2.24) is 0 Å². The summed E-state index contributed by atoms with van der Waals surface area (Å²) in [7, 11) is 0. The Labute approximate surface area is 270 Å². The molecule has 0 heterocycles. The molecule has 232 valence electrons. The van der Waals surface area contributed by atoms with Crippen molar-refractivity contribution in [2.75, 3.05) is 22.9 Å². The number of para-hydroxylation sites is 2. The second-order valence-electron chi connectivity index (χ2n) is 10.5. The Kier molecular flexibility index (Phi) is 8.44. The molecule has 6 rings (SSSR count). The summed E-state index contributed by atoms with van der Waals surface area (Å²) >= 11 is 0. The molecule has 0 amide bonds. The van der Waals surface area contributed by atoms with Crippen LogP contribution in [0.25, 0.3) is 22.3 Å². The van der Waals surface area contributed by atoms with E-state index in [4.69, 9.17) is 37.1 Å². The molecule has 0 saturated carbocycles. The van der Waals surface area contributed by atoms with Crippen LogP contribution in [0.3, 0.4) is 0 Å². The lowest BCUT2D eigenvalue weighted by Gasteiger charge is -2.19. The number of hydrogen-bond acceptors (Lipinski definition) is 9. The van der Waals surface area contributed by atoms with E-state index >= 15 is 0 Å². The highest BCUT2D eigenvalue weighted by Crippen LogP contribution is 2.45. The van der Waals surface area contributed by atoms with Crippen molar-refractivity contribution in [2.24, 2.45) is 0 Å². The lowest BCUT2D eigenvalue weighted by atomic mass is 9.99. The number of nitrogen functional groups attached to an aromatic ring is 4. The van der Waals surface area contributed by atoms with Crippen LogP contribution in [0.5, 0.6) is 23.0 Å². The van der Waals surface area contributed by atoms with E-state index in [1.54, 1.807) is 121 Å². The summed E-state index contributed by atoms with van der Waals surface area (Å²) in [5, 5.41) is 0. The molecule has 0 fully saturated rings. The largest absolute Gasteiger partial charge is 0.456 e. The van der Waals surface area contributed by atoms with E-state index in [0.29, 0.717) is 79.1 Å². The fourth-order valence-corrected chi connectivity index (χ4v) is 4.97. The van der Waals surface area contributed by atoms with Gasteiger partial charge >= 0.3 is 11.9 Å². The van der Waals surface area contributed by atoms with Gasteiger partial charge in [0.1, 0.15) is 23.0 Å². The third-order valence-electron chi connectivity index (χ3n) is 7.43. The summed E-state index contributed by atoms with van der Waals surface area (Å²) in [5.74, 6) is 0.673. The summed E-state index contributed by atoms with van der Waals surface area (Å²) in [5.41, 5.74) is 29.8. The molecule has 0 radical (unpaired) electrons. The van der Waals surface area contributed by atoms with Gasteiger partial charge in [-0.1, -0.05) is 60.7 Å². The Balaban J connectivity index is 1.30. The van der Waals surface area contributed by atoms with E-state index in [2.05, 4.69) is 0 Å². The predicted octanol–water partition coefficient (Wildman–Crippen LogP) is 7.58. The smallest absolute Gasteiger partial charge is 0.343 e. The van der Waals surface area contributed by atoms with E-state index in [9.17, 15) is 9.59 Å². The average Bonchev–Trinajstić information content (AvgIpc) is 3.09. The lowest BCUT2D eigenvalue weighted by molar-refractivity contribution is 0.0725. The Morgan fingerprint density at radius 3 is 1.15 bits per heavy atom. The van der Waals surface area contributed by atoms with Crippen LogP contribution in [-0.4, -0.2) is 11.9 Å². The number of nitrogens with two attached hydrogens (primary N) is 4. The van der Waals surface area contributed by atoms with Gasteiger partial charge in [0.15, 0.2) is 0 Å². The fourth-order valence-electron chi connectivity index (χ4n) is 4.97. The Morgan fingerprint density at radius 2 is 0.787 bits per heavy atom. The van der Waals surface area contributed by atoms with Gasteiger partial charge in [0, 0.05) is 11.1 Å². The number of ether oxygens (including phenoxy) is 3. The molecule has 0 saturated heterocycles. The van der Waals surface area contributed by atoms with Gasteiger partial charge < -0.3 is 37.1 Å². The van der Waals surface area contributed by atoms with Crippen molar-refractivity contribution in [1.29, 1.82) is 0 Å². The monoisotopic (exact) mass is 622 g/mol. The van der Waals surface area contributed by atoms with E-state index in [0.717, 1.165) is 0 Å². The normalized spacial score (nSPS) is 10.6. The standard InChI is InChI=1S/C38H30N4O5/c39-29-19-21-31(33(35(29)41)23-11-15-25(16-12-23)37(43)45-27-7-3-1-4-8-27)47-32-22-20-30(40)36(42)34(32)24-13-17-26(18-14-24)38(44)46-28-9-5-2-6-10-28/h1-22H,39-42H2. The lowest BCUT2D eigenvalue weighted by Crippen LogP contribution is -2.08. The summed E-state index contributed by atoms with van der Waals surface area (Å²) < 4.78 is 17.4. The van der Waals surface area contributed by atoms with E-state index < -0.39 is 11.9 Å². The molecule has 0 aromatic heterocycles. The number of rotatable bonds is 8. The van der Waals surface area contributed by atoms with Crippen LogP contribution < -0.4 is 37.1 Å². The molecule has 0 aliphatic rings. The highest BCUT2D eigenvalue weighted by Gasteiger charge is 2.20. The first-order chi connectivity index (χ1) is 22.8. The van der Waals surface area contributed by atoms with Gasteiger partial charge in [-0.15, -0.1) is 0 Å². The molecule has 0 bridgehead atoms. The molecule has 0 aliphatic carbocycles. The quantitative estimate of drug-likeness (QED) is 0.0760. The van der Waals surface area contributed by atoms with E-state index in [-0.39, 0.29) is 0 Å². The number of carbonyl (C=O) groups is 2. The number of esters is 2. The van der Waals surface area contributed by atoms with Crippen molar-refractivity contribution in [3.8, 4) is 45.3 Å². The third kappa shape index (κ3) is 6.54. The van der Waals surface area contributed by atoms with Crippen LogP contribution in [0.2, 0.25) is 0 Å². The molecule has 6 aromatic rings. The minimum Gasteiger partial charge on any atom is -0.456 e. The summed E-state index contributed by atoms with van der Waals surface area (Å²) in [6, 6.07) is 37.9. The zero-order valence-corrected chi connectivity index (χ0v) is 25.1. The fraction of sp³-hybridized carbons (Fsp3) is 0. The van der Waals surface area contributed by atoms with Crippen molar-refractivity contribution in [3.05, 3.63) is 145 Å². The maximum Gasteiger partial charge on any atom is 0.343 e. The van der Waals surface area contributed by atoms with Gasteiger partial charge in [0.2, 0.25) is 0 Å². The van der Waals surface area contributed by atoms with Crippen molar-refractivity contribution >= 4 is 34.7 Å². The maximum absolute atomic E-state index is 12.7. The molecular weight excluding hydrogens is 592 g/mol. The first-order valence-corrected chi connectivity index (χ1v) is 14.6. The Morgan fingerprint density at radius 1 is 0.426 bits per heavy atom. The van der Waals surface area contributed by atoms with Gasteiger partial charge in [0.05, 0.1) is 33.9 Å². The van der Waals surface area contributed by atoms with Gasteiger partial charge in [0.25, 0.3) is 0 Å². The maximum atomic E-state index is 12.7. The second kappa shape index (κ2) is 13.1. The first-order valence-electron chi connectivity index (χ1n) is 14.6. The van der Waals surface area contributed by atoms with Crippen molar-refractivity contribution < 1.29 is 23.8 Å². The van der Waals surface area contributed by atoms with Crippen molar-refractivity contribution in [3.63, 3.8) is 0 Å². The van der Waals surface area contributed by atoms with Gasteiger partial charge in [-0.25, -0.2) is 9.59 Å². The molecule has 0 unspecified atom stereocenters. The highest BCUT2D eigenvalue weighted by molar-refractivity contribution is 5.95. The molecule has 0 atom stereocenters. The zero-order valence-electron chi connectivity index (χ0n) is 25.1. The second-order valence-corrected chi connectivity index (χ2v) is 10.5. The highest BCUT2D eigenvalue weighted by atomic mass is 16.5. The first kappa shape index (κ1) is 30.3. The van der Waals surface area contributed by atoms with Crippen LogP contribution in [-0.2, 0) is 0 Å². The molecule has 6 aromatic carbocycles. The number of anilines is 4. The van der Waals surface area contributed by atoms with Crippen LogP contribution in [0, 0.1) is 0 Å². The zero-order chi connectivity index (χ0) is 32.9. The number of hydrogen-bond donors (Lipinski definition) is 4. The summed E-state index contributed by atoms with van der Waals surface area (Å²) in [4.78, 5) is 25.4. The molecule has 9 heteroatoms. The number of benzene rings is 6. The topological polar surface area (TPSA) is 166 Å². The molecular formula is C38H30N4O5. The molecule has 8 N–H and O–H groups in total. The number of carbonyl (C=O) groups excluding carboxylic acids is 2. The minimum absolute atomic E-state index is 0.299. The average molecular weight is 623 g/mol. The van der Waals surface area contributed by atoms with Crippen LogP contribution in [0.15, 0.2) is 133 Å². The Hall–Kier alpha value is -6.74. The van der Waals surface area contributed by atoms with Gasteiger partial charge in [-0.2, -0.15) is 0 Å². The SMILES string of the molecule is Nc1ccc(Oc2ccc(N)c(N)c2-c2ccc(C(=O)Oc3ccccc3)cc2)c(-c2ccc(C(=O)Oc3ccccc3)cc2)c1N. The molecule has 0 aliphatic heterocycles. The Bertz CT molecular complexity index is 1910. The predicted molar refractivity (Wildman–Crippen MR) is 184 cm³/mol.